The molecule has 0 aromatic carbocycles. The van der Waals surface area contributed by atoms with E-state index in [0.717, 1.165) is 24.0 Å². The maximum Gasteiger partial charge on any atom is 0.177 e. The topological polar surface area (TPSA) is 55.6 Å². The van der Waals surface area contributed by atoms with Crippen molar-refractivity contribution in [3.05, 3.63) is 4.88 Å². The number of ether oxygens (including phenoxy) is 1. The first-order chi connectivity index (χ1) is 9.97. The lowest BCUT2D eigenvalue weighted by atomic mass is 10.2. The Balaban J connectivity index is 2.37. The Morgan fingerprint density at radius 1 is 1.43 bits per heavy atom. The van der Waals surface area contributed by atoms with Gasteiger partial charge < -0.3 is 15.4 Å². The molecule has 1 saturated carbocycles. The van der Waals surface area contributed by atoms with Gasteiger partial charge in [-0.15, -0.1) is 11.3 Å². The Morgan fingerprint density at radius 3 is 2.57 bits per heavy atom. The molecule has 2 rings (SSSR count). The normalized spacial score (nSPS) is 14.5. The number of rotatable bonds is 8. The molecule has 0 amide bonds. The lowest BCUT2D eigenvalue weighted by Gasteiger charge is -2.23. The highest BCUT2D eigenvalue weighted by atomic mass is 32.1. The van der Waals surface area contributed by atoms with Crippen LogP contribution in [-0.4, -0.2) is 25.0 Å². The minimum atomic E-state index is 0.0462. The van der Waals surface area contributed by atoms with E-state index in [9.17, 15) is 4.79 Å². The molecule has 0 saturated heterocycles. The van der Waals surface area contributed by atoms with Gasteiger partial charge in [-0.3, -0.25) is 4.79 Å². The number of hydrogen-bond acceptors (Lipinski definition) is 5. The molecule has 5 heteroatoms. The van der Waals surface area contributed by atoms with Crippen LogP contribution in [0.5, 0.6) is 5.75 Å². The van der Waals surface area contributed by atoms with Gasteiger partial charge in [0, 0.05) is 19.5 Å². The second kappa shape index (κ2) is 6.69. The summed E-state index contributed by atoms with van der Waals surface area (Å²) in [5, 5.41) is 1.02. The van der Waals surface area contributed by atoms with Gasteiger partial charge in [-0.1, -0.05) is 6.92 Å². The predicted octanol–water partition coefficient (Wildman–Crippen LogP) is 3.95. The van der Waals surface area contributed by atoms with Gasteiger partial charge in [0.15, 0.2) is 11.5 Å². The first-order valence-electron chi connectivity index (χ1n) is 7.84. The molecule has 0 aliphatic heterocycles. The van der Waals surface area contributed by atoms with Gasteiger partial charge in [0.2, 0.25) is 0 Å². The molecule has 1 aliphatic carbocycles. The fourth-order valence-corrected chi connectivity index (χ4v) is 3.55. The van der Waals surface area contributed by atoms with Gasteiger partial charge in [-0.25, -0.2) is 0 Å². The molecule has 2 N–H and O–H groups in total. The van der Waals surface area contributed by atoms with E-state index < -0.39 is 0 Å². The summed E-state index contributed by atoms with van der Waals surface area (Å²) in [6, 6.07) is 0. The Kier molecular flexibility index (Phi) is 5.14. The first-order valence-corrected chi connectivity index (χ1v) is 8.66. The van der Waals surface area contributed by atoms with Crippen LogP contribution in [0.3, 0.4) is 0 Å². The lowest BCUT2D eigenvalue weighted by molar-refractivity contribution is 0.0992. The number of carbonyl (C=O) groups excluding carboxylic acids is 1. The van der Waals surface area contributed by atoms with E-state index in [0.29, 0.717) is 22.7 Å². The van der Waals surface area contributed by atoms with E-state index in [4.69, 9.17) is 10.5 Å². The van der Waals surface area contributed by atoms with Crippen molar-refractivity contribution in [3.63, 3.8) is 0 Å². The second-order valence-corrected chi connectivity index (χ2v) is 6.90. The Labute approximate surface area is 131 Å². The fourth-order valence-electron chi connectivity index (χ4n) is 2.31. The third-order valence-corrected chi connectivity index (χ3v) is 4.94. The van der Waals surface area contributed by atoms with E-state index >= 15 is 0 Å². The highest BCUT2D eigenvalue weighted by molar-refractivity contribution is 7.19. The van der Waals surface area contributed by atoms with Crippen molar-refractivity contribution < 1.29 is 9.53 Å². The fraction of sp³-hybridized carbons (Fsp3) is 0.688. The third-order valence-electron chi connectivity index (χ3n) is 3.65. The zero-order valence-electron chi connectivity index (χ0n) is 13.4. The molecule has 0 atom stereocenters. The molecular formula is C16H26N2O2S. The monoisotopic (exact) mass is 310 g/mol. The maximum atomic E-state index is 12.1. The second-order valence-electron chi connectivity index (χ2n) is 5.90. The highest BCUT2D eigenvalue weighted by Crippen LogP contribution is 2.47. The Morgan fingerprint density at radius 2 is 2.10 bits per heavy atom. The smallest absolute Gasteiger partial charge is 0.177 e. The Hall–Kier alpha value is -1.23. The molecule has 0 spiro atoms. The van der Waals surface area contributed by atoms with Crippen molar-refractivity contribution in [3.8, 4) is 5.75 Å². The van der Waals surface area contributed by atoms with E-state index in [1.165, 1.54) is 24.2 Å². The maximum absolute atomic E-state index is 12.1. The molecule has 1 fully saturated rings. The zero-order chi connectivity index (χ0) is 15.6. The van der Waals surface area contributed by atoms with Crippen LogP contribution in [-0.2, 0) is 0 Å². The predicted molar refractivity (Wildman–Crippen MR) is 89.7 cm³/mol. The molecular weight excluding hydrogens is 284 g/mol. The minimum absolute atomic E-state index is 0.0462. The van der Waals surface area contributed by atoms with Gasteiger partial charge in [0.05, 0.1) is 16.7 Å². The molecule has 0 radical (unpaired) electrons. The number of nitrogens with zero attached hydrogens (tertiary/aromatic N) is 1. The van der Waals surface area contributed by atoms with Crippen molar-refractivity contribution in [1.82, 2.24) is 0 Å². The number of nitrogens with two attached hydrogens (primary N) is 1. The number of nitrogen functional groups attached to an aromatic ring is 1. The average molecular weight is 310 g/mol. The Bertz CT molecular complexity index is 507. The summed E-state index contributed by atoms with van der Waals surface area (Å²) in [7, 11) is 0. The number of thiophene rings is 1. The molecule has 1 aliphatic rings. The molecule has 4 nitrogen and oxygen atoms in total. The van der Waals surface area contributed by atoms with Gasteiger partial charge in [-0.2, -0.15) is 0 Å². The van der Waals surface area contributed by atoms with E-state index in [1.54, 1.807) is 0 Å². The quantitative estimate of drug-likeness (QED) is 0.739. The largest absolute Gasteiger partial charge is 0.486 e. The summed E-state index contributed by atoms with van der Waals surface area (Å²) in [5.41, 5.74) is 6.72. The third kappa shape index (κ3) is 3.70. The highest BCUT2D eigenvalue weighted by Gasteiger charge is 2.29. The van der Waals surface area contributed by atoms with Crippen LogP contribution in [0.15, 0.2) is 0 Å². The summed E-state index contributed by atoms with van der Waals surface area (Å²) >= 11 is 1.49. The van der Waals surface area contributed by atoms with Crippen molar-refractivity contribution in [2.24, 2.45) is 5.92 Å². The van der Waals surface area contributed by atoms with Crippen molar-refractivity contribution in [1.29, 1.82) is 0 Å². The van der Waals surface area contributed by atoms with E-state index in [2.05, 4.69) is 11.8 Å². The van der Waals surface area contributed by atoms with Crippen LogP contribution in [0.1, 0.15) is 56.6 Å². The number of anilines is 2. The van der Waals surface area contributed by atoms with Gasteiger partial charge in [-0.05, 0) is 39.5 Å². The molecule has 118 valence electrons. The lowest BCUT2D eigenvalue weighted by Crippen LogP contribution is -2.25. The minimum Gasteiger partial charge on any atom is -0.486 e. The van der Waals surface area contributed by atoms with Gasteiger partial charge in [0.25, 0.3) is 0 Å². The number of Topliss-reactive ketones (excluding diaryl/α,β-unsaturated/α-hetero) is 1. The summed E-state index contributed by atoms with van der Waals surface area (Å²) < 4.78 is 5.93. The molecule has 0 unspecified atom stereocenters. The van der Waals surface area contributed by atoms with Gasteiger partial charge >= 0.3 is 0 Å². The SMILES string of the molecule is CCC(=O)c1sc(N(CC)CC2CC2)c(OC(C)C)c1N. The van der Waals surface area contributed by atoms with E-state index in [-0.39, 0.29) is 11.9 Å². The van der Waals surface area contributed by atoms with Crippen molar-refractivity contribution in [2.75, 3.05) is 23.7 Å². The summed E-state index contributed by atoms with van der Waals surface area (Å²) in [4.78, 5) is 15.0. The van der Waals surface area contributed by atoms with Crippen LogP contribution in [0.2, 0.25) is 0 Å². The first kappa shape index (κ1) is 16.1. The molecule has 1 aromatic heterocycles. The van der Waals surface area contributed by atoms with Gasteiger partial charge in [0.1, 0.15) is 5.00 Å². The van der Waals surface area contributed by atoms with Crippen LogP contribution >= 0.6 is 11.3 Å². The van der Waals surface area contributed by atoms with Crippen LogP contribution < -0.4 is 15.4 Å². The summed E-state index contributed by atoms with van der Waals surface area (Å²) in [5.74, 6) is 1.58. The summed E-state index contributed by atoms with van der Waals surface area (Å²) in [6.07, 6.45) is 3.13. The molecule has 1 aromatic rings. The number of carbonyl (C=O) groups is 1. The van der Waals surface area contributed by atoms with Crippen molar-refractivity contribution in [2.45, 2.75) is 53.1 Å². The standard InChI is InChI=1S/C16H26N2O2S/c1-5-12(19)15-13(17)14(20-10(3)4)16(21-15)18(6-2)9-11-7-8-11/h10-11H,5-9,17H2,1-4H3. The molecule has 21 heavy (non-hydrogen) atoms. The number of hydrogen-bond donors (Lipinski definition) is 1. The van der Waals surface area contributed by atoms with E-state index in [1.807, 2.05) is 20.8 Å². The summed E-state index contributed by atoms with van der Waals surface area (Å²) in [6.45, 7) is 9.92. The van der Waals surface area contributed by atoms with Crippen molar-refractivity contribution >= 4 is 27.8 Å². The van der Waals surface area contributed by atoms with Crippen LogP contribution in [0.4, 0.5) is 10.7 Å². The molecule has 0 bridgehead atoms. The number of ketones is 1. The molecule has 1 heterocycles. The average Bonchev–Trinajstić information content (AvgIpc) is 3.22. The van der Waals surface area contributed by atoms with Crippen LogP contribution in [0, 0.1) is 5.92 Å². The van der Waals surface area contributed by atoms with Crippen LogP contribution in [0.25, 0.3) is 0 Å². The zero-order valence-corrected chi connectivity index (χ0v) is 14.3.